The average molecular weight is 1490 g/mol. The first kappa shape index (κ1) is 85.4. The van der Waals surface area contributed by atoms with Crippen LogP contribution in [0.4, 0.5) is 15.3 Å². The van der Waals surface area contributed by atoms with Gasteiger partial charge in [-0.05, 0) is 99.8 Å². The lowest BCUT2D eigenvalue weighted by Gasteiger charge is -2.41. The lowest BCUT2D eigenvalue weighted by molar-refractivity contribution is -0.148. The molecule has 3 heterocycles. The van der Waals surface area contributed by atoms with Crippen LogP contribution in [0, 0.1) is 23.7 Å². The number of alkyl carbamates (subject to hydrolysis) is 1. The number of thiazole rings is 1. The smallest absolute Gasteiger partial charge is 0.408 e. The minimum Gasteiger partial charge on any atom is -0.445 e. The fourth-order valence-corrected chi connectivity index (χ4v) is 13.3. The SMILES string of the molecule is CC[C@H](C)[C@@H]([C@@H](CC(=O)N1CCC[C@H]1[C@H](OC)[C@@H](C)C(=O)N[C@@H](Cc1ccccc1)c1nccs1)OC)N(C)C(=O)[C@@H](NC(=O)C(C)(C)NC(=O)OCc1ccc(NC(=O)[C@H](CCCNC(N)=O)NC(=O)[C@@H](NC(=O)[C@H](CCCNC(=O)c2cnc(S(C)(=O)=O)nc2)NC(C)=O)C(C)C)cc1)C(C)C. The Bertz CT molecular complexity index is 3650. The van der Waals surface area contributed by atoms with E-state index in [0.29, 0.717) is 37.8 Å². The minimum absolute atomic E-state index is 0.00210. The number of methoxy groups -OCH3 is 2. The molecule has 0 unspecified atom stereocenters. The van der Waals surface area contributed by atoms with Crippen molar-refractivity contribution in [3.05, 3.63) is 100 Å². The van der Waals surface area contributed by atoms with Crippen LogP contribution in [0.5, 0.6) is 0 Å². The molecule has 11 atom stereocenters. The molecule has 1 saturated heterocycles. The van der Waals surface area contributed by atoms with E-state index < -0.39 is 140 Å². The third-order valence-corrected chi connectivity index (χ3v) is 19.9. The maximum Gasteiger partial charge on any atom is 0.408 e. The van der Waals surface area contributed by atoms with Crippen molar-refractivity contribution < 1.29 is 75.4 Å². The molecule has 2 aromatic heterocycles. The number of sulfone groups is 1. The van der Waals surface area contributed by atoms with Gasteiger partial charge < -0.3 is 77.6 Å². The number of ether oxygens (including phenoxy) is 3. The molecule has 572 valence electrons. The van der Waals surface area contributed by atoms with Gasteiger partial charge in [-0.2, -0.15) is 0 Å². The van der Waals surface area contributed by atoms with Crippen molar-refractivity contribution in [2.45, 2.75) is 199 Å². The van der Waals surface area contributed by atoms with Crippen molar-refractivity contribution in [2.24, 2.45) is 29.4 Å². The zero-order valence-corrected chi connectivity index (χ0v) is 63.5. The van der Waals surface area contributed by atoms with Gasteiger partial charge >= 0.3 is 12.1 Å². The number of anilines is 1. The standard InChI is InChI=1S/C71H105N15O16S2/c1-15-43(6)58(54(100-12)37-55(88)86-34-21-26-53(86)59(101-13)44(7)60(89)81-52(65-74-33-35-103-65)36-46-22-17-16-18-23-46)85(11)66(94)57(42(4)5)83-67(95)71(9,10)84-70(97)102-40-47-27-29-49(30-28-47)79-62(91)51(25-20-32-75-68(72)96)80-64(93)56(41(2)3)82-63(92)50(78-45(8)87)24-19-31-73-61(90)48-38-76-69(77-39-48)104(14,98)99/h16-18,22-23,27-30,33,35,38-39,41-44,50-54,56-59H,15,19-21,24-26,31-32,34,36-37,40H2,1-14H3,(H,73,90)(H,78,87)(H,79,91)(H,80,93)(H,81,89)(H,82,92)(H,83,95)(H,84,97)(H3,72,75,96)/t43-,44+,50-,51-,52-,53-,54+,56-,57-,58-,59+/m0/s1. The molecule has 12 amide bonds. The van der Waals surface area contributed by atoms with Crippen LogP contribution in [-0.4, -0.2) is 200 Å². The van der Waals surface area contributed by atoms with Crippen molar-refractivity contribution in [3.8, 4) is 0 Å². The first-order valence-electron chi connectivity index (χ1n) is 34.8. The van der Waals surface area contributed by atoms with Crippen LogP contribution < -0.4 is 53.6 Å². The number of nitrogens with two attached hydrogens (primary N) is 1. The summed E-state index contributed by atoms with van der Waals surface area (Å²) in [6.07, 6.45) is 5.05. The predicted molar refractivity (Wildman–Crippen MR) is 388 cm³/mol. The number of urea groups is 1. The molecule has 4 aromatic rings. The molecule has 1 aliphatic rings. The van der Waals surface area contributed by atoms with E-state index in [1.54, 1.807) is 72.0 Å². The van der Waals surface area contributed by atoms with Crippen molar-refractivity contribution in [1.82, 2.24) is 67.3 Å². The Morgan fingerprint density at radius 2 is 1.38 bits per heavy atom. The summed E-state index contributed by atoms with van der Waals surface area (Å²) in [4.78, 5) is 164. The van der Waals surface area contributed by atoms with Gasteiger partial charge in [0, 0.05) is 83.7 Å². The maximum absolute atomic E-state index is 14.8. The van der Waals surface area contributed by atoms with Gasteiger partial charge in [0.2, 0.25) is 62.3 Å². The molecule has 1 fully saturated rings. The molecule has 0 bridgehead atoms. The second-order valence-corrected chi connectivity index (χ2v) is 30.2. The van der Waals surface area contributed by atoms with Crippen molar-refractivity contribution in [2.75, 3.05) is 52.5 Å². The largest absolute Gasteiger partial charge is 0.445 e. The molecule has 0 radical (unpaired) electrons. The molecular formula is C71H105N15O16S2. The third kappa shape index (κ3) is 25.9. The van der Waals surface area contributed by atoms with Crippen LogP contribution in [-0.2, 0) is 75.4 Å². The first-order valence-corrected chi connectivity index (χ1v) is 37.6. The quantitative estimate of drug-likeness (QED) is 0.0220. The zero-order chi connectivity index (χ0) is 77.2. The number of nitrogens with one attached hydrogen (secondary N) is 9. The number of carbonyl (C=O) groups is 11. The molecule has 33 heteroatoms. The van der Waals surface area contributed by atoms with Gasteiger partial charge in [-0.1, -0.05) is 97.4 Å². The lowest BCUT2D eigenvalue weighted by Crippen LogP contribution is -2.62. The molecule has 0 spiro atoms. The van der Waals surface area contributed by atoms with Gasteiger partial charge in [0.05, 0.1) is 48.2 Å². The number of carbonyl (C=O) groups excluding carboxylic acids is 11. The number of aromatic nitrogens is 3. The van der Waals surface area contributed by atoms with Gasteiger partial charge in [-0.15, -0.1) is 11.3 Å². The summed E-state index contributed by atoms with van der Waals surface area (Å²) < 4.78 is 41.1. The zero-order valence-electron chi connectivity index (χ0n) is 61.9. The van der Waals surface area contributed by atoms with Crippen molar-refractivity contribution in [1.29, 1.82) is 0 Å². The Hall–Kier alpha value is -9.21. The highest BCUT2D eigenvalue weighted by molar-refractivity contribution is 7.90. The number of hydrogen-bond donors (Lipinski definition) is 10. The Kier molecular flexibility index (Phi) is 33.5. The highest BCUT2D eigenvalue weighted by atomic mass is 32.2. The number of likely N-dealkylation sites (N-methyl/N-ethyl adjacent to an activating group) is 1. The number of benzene rings is 2. The summed E-state index contributed by atoms with van der Waals surface area (Å²) in [6.45, 7) is 16.9. The number of primary amides is 1. The number of likely N-dealkylation sites (tertiary alicyclic amines) is 1. The van der Waals surface area contributed by atoms with E-state index in [0.717, 1.165) is 29.2 Å². The van der Waals surface area contributed by atoms with Crippen LogP contribution >= 0.6 is 11.3 Å². The average Bonchev–Trinajstić information content (AvgIpc) is 1.38. The van der Waals surface area contributed by atoms with Crippen LogP contribution in [0.1, 0.15) is 153 Å². The Labute approximate surface area is 612 Å². The van der Waals surface area contributed by atoms with E-state index in [4.69, 9.17) is 19.9 Å². The molecular weight excluding hydrogens is 1380 g/mol. The molecule has 2 aromatic carbocycles. The van der Waals surface area contributed by atoms with E-state index in [2.05, 4.69) is 62.8 Å². The Morgan fingerprint density at radius 3 is 1.93 bits per heavy atom. The second-order valence-electron chi connectivity index (χ2n) is 27.3. The summed E-state index contributed by atoms with van der Waals surface area (Å²) >= 11 is 1.46. The van der Waals surface area contributed by atoms with Crippen LogP contribution in [0.3, 0.4) is 0 Å². The highest BCUT2D eigenvalue weighted by Crippen LogP contribution is 2.31. The molecule has 5 rings (SSSR count). The van der Waals surface area contributed by atoms with E-state index in [9.17, 15) is 61.2 Å². The summed E-state index contributed by atoms with van der Waals surface area (Å²) in [5.41, 5.74) is 5.41. The minimum atomic E-state index is -3.70. The molecule has 104 heavy (non-hydrogen) atoms. The fourth-order valence-electron chi connectivity index (χ4n) is 12.1. The van der Waals surface area contributed by atoms with Gasteiger partial charge in [0.1, 0.15) is 41.3 Å². The third-order valence-electron chi connectivity index (χ3n) is 18.1. The maximum atomic E-state index is 14.8. The number of rotatable bonds is 40. The van der Waals surface area contributed by atoms with Crippen molar-refractivity contribution >= 4 is 92.2 Å². The molecule has 11 N–H and O–H groups in total. The van der Waals surface area contributed by atoms with Gasteiger partial charge in [0.25, 0.3) is 5.91 Å². The monoisotopic (exact) mass is 1490 g/mol. The molecule has 31 nitrogen and oxygen atoms in total. The Balaban J connectivity index is 1.16. The van der Waals surface area contributed by atoms with Crippen LogP contribution in [0.2, 0.25) is 0 Å². The Morgan fingerprint density at radius 1 is 0.750 bits per heavy atom. The van der Waals surface area contributed by atoms with Gasteiger partial charge in [-0.3, -0.25) is 43.2 Å². The van der Waals surface area contributed by atoms with E-state index in [1.165, 1.54) is 56.3 Å². The molecule has 1 aliphatic heterocycles. The summed E-state index contributed by atoms with van der Waals surface area (Å²) in [5, 5.41) is 26.6. The lowest BCUT2D eigenvalue weighted by atomic mass is 9.89. The van der Waals surface area contributed by atoms with E-state index in [-0.39, 0.29) is 86.8 Å². The van der Waals surface area contributed by atoms with Crippen molar-refractivity contribution in [3.63, 3.8) is 0 Å². The first-order chi connectivity index (χ1) is 49.1. The predicted octanol–water partition coefficient (Wildman–Crippen LogP) is 4.23. The highest BCUT2D eigenvalue weighted by Gasteiger charge is 2.44. The van der Waals surface area contributed by atoms with E-state index in [1.807, 2.05) is 49.6 Å². The molecule has 0 saturated carbocycles. The van der Waals surface area contributed by atoms with Crippen LogP contribution in [0.25, 0.3) is 0 Å². The number of nitrogens with zero attached hydrogens (tertiary/aromatic N) is 5. The normalized spacial score (nSPS) is 16.0. The van der Waals surface area contributed by atoms with Gasteiger partial charge in [-0.25, -0.2) is 33.0 Å². The topological polar surface area (TPSA) is 429 Å². The van der Waals surface area contributed by atoms with Crippen LogP contribution in [0.15, 0.2) is 83.7 Å². The summed E-state index contributed by atoms with van der Waals surface area (Å²) in [5.74, 6) is -6.73. The fraction of sp³-hybridized carbons (Fsp3) is 0.577. The number of amides is 12. The summed E-state index contributed by atoms with van der Waals surface area (Å²) in [6, 6.07) is 9.07. The second kappa shape index (κ2) is 40.7. The summed E-state index contributed by atoms with van der Waals surface area (Å²) in [7, 11) is 0.965. The van der Waals surface area contributed by atoms with E-state index >= 15 is 0 Å². The van der Waals surface area contributed by atoms with Gasteiger partial charge in [0.15, 0.2) is 0 Å². The number of hydrogen-bond acceptors (Lipinski definition) is 20. The molecule has 0 aliphatic carbocycles.